The van der Waals surface area contributed by atoms with E-state index in [9.17, 15) is 18.4 Å². The minimum Gasteiger partial charge on any atom is -0.487 e. The molecule has 156 valence electrons. The average Bonchev–Trinajstić information content (AvgIpc) is 2.69. The van der Waals surface area contributed by atoms with Gasteiger partial charge in [0.2, 0.25) is 5.91 Å². The number of hydrogen-bond acceptors (Lipinski definition) is 3. The number of hydrogen-bond donors (Lipinski definition) is 1. The van der Waals surface area contributed by atoms with Crippen LogP contribution >= 0.6 is 15.9 Å². The summed E-state index contributed by atoms with van der Waals surface area (Å²) in [5, 5.41) is 2.72. The number of benzene rings is 2. The second kappa shape index (κ2) is 9.21. The number of rotatable bonds is 6. The van der Waals surface area contributed by atoms with Crippen molar-refractivity contribution in [3.05, 3.63) is 91.8 Å². The lowest BCUT2D eigenvalue weighted by Gasteiger charge is -2.15. The third-order valence-corrected chi connectivity index (χ3v) is 5.14. The van der Waals surface area contributed by atoms with Gasteiger partial charge in [-0.15, -0.1) is 0 Å². The highest BCUT2D eigenvalue weighted by Crippen LogP contribution is 2.25. The highest BCUT2D eigenvalue weighted by atomic mass is 79.9. The molecule has 0 unspecified atom stereocenters. The molecule has 3 aromatic rings. The molecule has 1 amide bonds. The van der Waals surface area contributed by atoms with E-state index in [4.69, 9.17) is 4.74 Å². The van der Waals surface area contributed by atoms with Crippen molar-refractivity contribution < 1.29 is 18.3 Å². The van der Waals surface area contributed by atoms with E-state index in [2.05, 4.69) is 21.2 Å². The summed E-state index contributed by atoms with van der Waals surface area (Å²) < 4.78 is 34.2. The molecule has 1 aromatic heterocycles. The van der Waals surface area contributed by atoms with Gasteiger partial charge in [-0.1, -0.05) is 12.1 Å². The van der Waals surface area contributed by atoms with E-state index in [1.165, 1.54) is 17.6 Å². The number of ether oxygens (including phenoxy) is 1. The maximum atomic E-state index is 13.8. The molecule has 0 fully saturated rings. The lowest BCUT2D eigenvalue weighted by atomic mass is 10.2. The molecule has 0 saturated heterocycles. The highest BCUT2D eigenvalue weighted by molar-refractivity contribution is 9.10. The first-order valence-electron chi connectivity index (χ1n) is 9.09. The SMILES string of the molecule is CC(=O)NCc1cccc(-n2c(C)cc(OCc3ccc(F)cc3F)c(Br)c2=O)c1. The fourth-order valence-electron chi connectivity index (χ4n) is 2.93. The number of carbonyl (C=O) groups excluding carboxylic acids is 1. The molecule has 0 radical (unpaired) electrons. The van der Waals surface area contributed by atoms with Crippen molar-refractivity contribution in [2.75, 3.05) is 0 Å². The Morgan fingerprint density at radius 1 is 1.17 bits per heavy atom. The standard InChI is InChI=1S/C22H19BrF2N2O3/c1-13-8-20(30-12-16-6-7-17(24)10-19(16)25)21(23)22(29)27(13)18-5-3-4-15(9-18)11-26-14(2)28/h3-10H,11-12H2,1-2H3,(H,26,28). The Bertz CT molecular complexity index is 1160. The monoisotopic (exact) mass is 476 g/mol. The first kappa shape index (κ1) is 21.7. The van der Waals surface area contributed by atoms with Gasteiger partial charge < -0.3 is 10.1 Å². The van der Waals surface area contributed by atoms with Crippen LogP contribution in [0, 0.1) is 18.6 Å². The van der Waals surface area contributed by atoms with Crippen molar-refractivity contribution in [3.8, 4) is 11.4 Å². The minimum atomic E-state index is -0.716. The summed E-state index contributed by atoms with van der Waals surface area (Å²) in [5.74, 6) is -1.27. The van der Waals surface area contributed by atoms with Crippen LogP contribution in [0.5, 0.6) is 5.75 Å². The van der Waals surface area contributed by atoms with Gasteiger partial charge in [0.25, 0.3) is 5.56 Å². The summed E-state index contributed by atoms with van der Waals surface area (Å²) in [7, 11) is 0. The lowest BCUT2D eigenvalue weighted by molar-refractivity contribution is -0.119. The zero-order valence-corrected chi connectivity index (χ0v) is 17.9. The predicted molar refractivity (Wildman–Crippen MR) is 113 cm³/mol. The van der Waals surface area contributed by atoms with Gasteiger partial charge in [0.05, 0.1) is 0 Å². The second-order valence-corrected chi connectivity index (χ2v) is 7.50. The van der Waals surface area contributed by atoms with Crippen LogP contribution in [0.2, 0.25) is 0 Å². The van der Waals surface area contributed by atoms with Crippen LogP contribution in [-0.2, 0) is 17.9 Å². The number of carbonyl (C=O) groups is 1. The molecule has 0 saturated carbocycles. The van der Waals surface area contributed by atoms with Crippen LogP contribution in [0.4, 0.5) is 8.78 Å². The molecule has 0 aliphatic rings. The maximum Gasteiger partial charge on any atom is 0.273 e. The van der Waals surface area contributed by atoms with E-state index in [-0.39, 0.29) is 33.9 Å². The largest absolute Gasteiger partial charge is 0.487 e. The normalized spacial score (nSPS) is 10.7. The van der Waals surface area contributed by atoms with Gasteiger partial charge in [-0.05, 0) is 52.7 Å². The molecule has 3 rings (SSSR count). The zero-order chi connectivity index (χ0) is 21.8. The topological polar surface area (TPSA) is 60.3 Å². The van der Waals surface area contributed by atoms with Crippen LogP contribution in [0.1, 0.15) is 23.7 Å². The molecule has 0 atom stereocenters. The van der Waals surface area contributed by atoms with Gasteiger partial charge in [-0.25, -0.2) is 8.78 Å². The van der Waals surface area contributed by atoms with Crippen molar-refractivity contribution >= 4 is 21.8 Å². The summed E-state index contributed by atoms with van der Waals surface area (Å²) in [5.41, 5.74) is 1.92. The molecule has 5 nitrogen and oxygen atoms in total. The smallest absolute Gasteiger partial charge is 0.273 e. The van der Waals surface area contributed by atoms with Gasteiger partial charge in [0.15, 0.2) is 0 Å². The molecule has 1 heterocycles. The number of pyridine rings is 1. The molecular weight excluding hydrogens is 458 g/mol. The number of aryl methyl sites for hydroxylation is 1. The molecule has 0 spiro atoms. The molecule has 0 aliphatic heterocycles. The first-order chi connectivity index (χ1) is 14.3. The molecule has 1 N–H and O–H groups in total. The Hall–Kier alpha value is -3.00. The summed E-state index contributed by atoms with van der Waals surface area (Å²) in [4.78, 5) is 24.1. The van der Waals surface area contributed by atoms with E-state index >= 15 is 0 Å². The quantitative estimate of drug-likeness (QED) is 0.573. The highest BCUT2D eigenvalue weighted by Gasteiger charge is 2.15. The van der Waals surface area contributed by atoms with E-state index in [1.54, 1.807) is 25.1 Å². The van der Waals surface area contributed by atoms with Gasteiger partial charge in [-0.3, -0.25) is 14.2 Å². The van der Waals surface area contributed by atoms with Crippen LogP contribution in [0.25, 0.3) is 5.69 Å². The number of aromatic nitrogens is 1. The fourth-order valence-corrected chi connectivity index (χ4v) is 3.34. The van der Waals surface area contributed by atoms with Crippen LogP contribution in [0.15, 0.2) is 57.8 Å². The molecule has 2 aromatic carbocycles. The number of nitrogens with one attached hydrogen (secondary N) is 1. The lowest BCUT2D eigenvalue weighted by Crippen LogP contribution is -2.23. The third-order valence-electron chi connectivity index (χ3n) is 4.41. The molecule has 0 bridgehead atoms. The third kappa shape index (κ3) is 4.94. The van der Waals surface area contributed by atoms with Gasteiger partial charge in [0, 0.05) is 42.5 Å². The Morgan fingerprint density at radius 3 is 2.63 bits per heavy atom. The number of amides is 1. The van der Waals surface area contributed by atoms with Crippen LogP contribution < -0.4 is 15.6 Å². The van der Waals surface area contributed by atoms with Gasteiger partial charge >= 0.3 is 0 Å². The predicted octanol–water partition coefficient (Wildman–Crippen LogP) is 4.40. The van der Waals surface area contributed by atoms with E-state index in [0.29, 0.717) is 17.9 Å². The van der Waals surface area contributed by atoms with E-state index in [0.717, 1.165) is 17.7 Å². The Morgan fingerprint density at radius 2 is 1.93 bits per heavy atom. The minimum absolute atomic E-state index is 0.143. The second-order valence-electron chi connectivity index (χ2n) is 6.71. The van der Waals surface area contributed by atoms with Crippen molar-refractivity contribution in [2.24, 2.45) is 0 Å². The van der Waals surface area contributed by atoms with Gasteiger partial charge in [0.1, 0.15) is 28.5 Å². The van der Waals surface area contributed by atoms with E-state index in [1.807, 2.05) is 12.1 Å². The molecule has 8 heteroatoms. The Balaban J connectivity index is 1.89. The first-order valence-corrected chi connectivity index (χ1v) is 9.88. The Kier molecular flexibility index (Phi) is 6.66. The summed E-state index contributed by atoms with van der Waals surface area (Å²) in [6.45, 7) is 3.38. The van der Waals surface area contributed by atoms with Crippen LogP contribution in [0.3, 0.4) is 0 Å². The number of halogens is 3. The van der Waals surface area contributed by atoms with E-state index < -0.39 is 11.6 Å². The molecule has 30 heavy (non-hydrogen) atoms. The van der Waals surface area contributed by atoms with Crippen molar-refractivity contribution in [3.63, 3.8) is 0 Å². The summed E-state index contributed by atoms with van der Waals surface area (Å²) in [6, 6.07) is 12.1. The number of nitrogens with zero attached hydrogens (tertiary/aromatic N) is 1. The van der Waals surface area contributed by atoms with Gasteiger partial charge in [-0.2, -0.15) is 0 Å². The summed E-state index contributed by atoms with van der Waals surface area (Å²) in [6.07, 6.45) is 0. The zero-order valence-electron chi connectivity index (χ0n) is 16.3. The average molecular weight is 477 g/mol. The van der Waals surface area contributed by atoms with Crippen molar-refractivity contribution in [1.82, 2.24) is 9.88 Å². The maximum absolute atomic E-state index is 13.8. The Labute approximate surface area is 180 Å². The van der Waals surface area contributed by atoms with Crippen LogP contribution in [-0.4, -0.2) is 10.5 Å². The van der Waals surface area contributed by atoms with Crippen molar-refractivity contribution in [2.45, 2.75) is 27.0 Å². The summed E-state index contributed by atoms with van der Waals surface area (Å²) >= 11 is 3.27. The molecular formula is C22H19BrF2N2O3. The van der Waals surface area contributed by atoms with Crippen molar-refractivity contribution in [1.29, 1.82) is 0 Å². The molecule has 0 aliphatic carbocycles. The fraction of sp³-hybridized carbons (Fsp3) is 0.182.